The smallest absolute Gasteiger partial charge is 0.0346 e. The van der Waals surface area contributed by atoms with Crippen LogP contribution >= 0.6 is 0 Å². The lowest BCUT2D eigenvalue weighted by atomic mass is 9.86. The van der Waals surface area contributed by atoms with Gasteiger partial charge in [0.25, 0.3) is 0 Å². The number of aromatic nitrogens is 1. The lowest BCUT2D eigenvalue weighted by Gasteiger charge is -2.18. The summed E-state index contributed by atoms with van der Waals surface area (Å²) >= 11 is 0. The molecule has 0 unspecified atom stereocenters. The normalized spacial score (nSPS) is 11.2. The van der Waals surface area contributed by atoms with Crippen LogP contribution in [0.2, 0.25) is 0 Å². The molecule has 0 atom stereocenters. The molecule has 0 bridgehead atoms. The van der Waals surface area contributed by atoms with Gasteiger partial charge >= 0.3 is 0 Å². The van der Waals surface area contributed by atoms with E-state index in [0.717, 1.165) is 44.5 Å². The van der Waals surface area contributed by atoms with Crippen LogP contribution in [0.3, 0.4) is 0 Å². The second kappa shape index (κ2) is 21.2. The van der Waals surface area contributed by atoms with E-state index < -0.39 is 0 Å². The highest BCUT2D eigenvalue weighted by Crippen LogP contribution is 2.44. The fourth-order valence-corrected chi connectivity index (χ4v) is 11.6. The molecule has 0 amide bonds. The number of benzene rings is 13. The van der Waals surface area contributed by atoms with E-state index in [-0.39, 0.29) is 0 Å². The van der Waals surface area contributed by atoms with Crippen LogP contribution < -0.4 is 0 Å². The molecule has 14 rings (SSSR count). The monoisotopic (exact) mass is 1020 g/mol. The summed E-state index contributed by atoms with van der Waals surface area (Å²) in [5, 5.41) is 4.76. The van der Waals surface area contributed by atoms with Gasteiger partial charge in [-0.15, -0.1) is 0 Å². The Balaban J connectivity index is 0.965. The van der Waals surface area contributed by atoms with Gasteiger partial charge in [0.2, 0.25) is 0 Å². The highest BCUT2D eigenvalue weighted by atomic mass is 14.6. The molecule has 0 N–H and O–H groups in total. The van der Waals surface area contributed by atoms with Crippen LogP contribution in [0, 0.1) is 0 Å². The molecular weight excluding hydrogens is 963 g/mol. The third-order valence-corrected chi connectivity index (χ3v) is 15.6. The molecule has 0 fully saturated rings. The maximum Gasteiger partial charge on any atom is 0.0346 e. The van der Waals surface area contributed by atoms with Crippen LogP contribution in [0.4, 0.5) is 0 Å². The molecule has 0 saturated carbocycles. The fourth-order valence-electron chi connectivity index (χ4n) is 11.6. The molecule has 0 saturated heterocycles. The van der Waals surface area contributed by atoms with Crippen LogP contribution in [0.15, 0.2) is 322 Å². The lowest BCUT2D eigenvalue weighted by Crippen LogP contribution is -1.92. The molecule has 0 aliphatic heterocycles. The summed E-state index contributed by atoms with van der Waals surface area (Å²) in [6, 6.07) is 113. The summed E-state index contributed by atoms with van der Waals surface area (Å²) in [6.07, 6.45) is 4.03. The molecule has 80 heavy (non-hydrogen) atoms. The van der Waals surface area contributed by atoms with E-state index in [0.29, 0.717) is 0 Å². The predicted octanol–water partition coefficient (Wildman–Crippen LogP) is 21.7. The van der Waals surface area contributed by atoms with Crippen LogP contribution in [0.1, 0.15) is 0 Å². The Morgan fingerprint density at radius 1 is 0.150 bits per heavy atom. The van der Waals surface area contributed by atoms with E-state index >= 15 is 0 Å². The molecule has 374 valence electrons. The minimum Gasteiger partial charge on any atom is -0.263 e. The fraction of sp³-hybridized carbons (Fsp3) is 0. The molecule has 0 radical (unpaired) electrons. The minimum atomic E-state index is 1.04. The number of nitrogens with zero attached hydrogens (tertiary/aromatic N) is 1. The zero-order valence-electron chi connectivity index (χ0n) is 44.0. The molecule has 0 aliphatic rings. The van der Waals surface area contributed by atoms with Gasteiger partial charge in [0.15, 0.2) is 0 Å². The second-order valence-electron chi connectivity index (χ2n) is 20.8. The first-order chi connectivity index (χ1) is 39.6. The number of fused-ring (bicyclic) bond motifs is 2. The molecule has 0 aliphatic carbocycles. The predicted molar refractivity (Wildman–Crippen MR) is 339 cm³/mol. The molecular formula is C79H53N. The largest absolute Gasteiger partial charge is 0.263 e. The molecule has 1 nitrogen and oxygen atoms in total. The third kappa shape index (κ3) is 9.70. The number of hydrogen-bond acceptors (Lipinski definition) is 1. The summed E-state index contributed by atoms with van der Waals surface area (Å²) in [5.74, 6) is 0. The summed E-state index contributed by atoms with van der Waals surface area (Å²) in [7, 11) is 0. The molecule has 13 aromatic carbocycles. The van der Waals surface area contributed by atoms with E-state index in [4.69, 9.17) is 4.98 Å². The second-order valence-corrected chi connectivity index (χ2v) is 20.8. The van der Waals surface area contributed by atoms with Crippen molar-refractivity contribution in [3.05, 3.63) is 322 Å². The van der Waals surface area contributed by atoms with Crippen molar-refractivity contribution in [2.24, 2.45) is 0 Å². The standard InChI is InChI=1S/C79H53N/c1-7-20-54(21-8-1)62-34-36-76-70(39-62)46-68(58-28-15-5-16-29-58)50-78(76)72-44-67(45-73(48-72)79-51-69(59-30-17-6-18-31-59)47-71-40-63(35-37-77(71)79)55-22-9-2-10-23-55)75-49-74(52-80-53-75)61-33-19-32-60(38-61)66-42-64(56-24-11-3-12-25-56)41-65(43-66)57-26-13-4-14-27-57/h1-53H. The molecule has 1 aromatic heterocycles. The quantitative estimate of drug-likeness (QED) is 0.126. The van der Waals surface area contributed by atoms with Crippen molar-refractivity contribution in [2.45, 2.75) is 0 Å². The van der Waals surface area contributed by atoms with Gasteiger partial charge in [-0.1, -0.05) is 224 Å². The van der Waals surface area contributed by atoms with Crippen LogP contribution in [0.25, 0.3) is 144 Å². The highest BCUT2D eigenvalue weighted by molar-refractivity contribution is 6.06. The first-order valence-electron chi connectivity index (χ1n) is 27.5. The van der Waals surface area contributed by atoms with Crippen LogP contribution in [-0.2, 0) is 0 Å². The van der Waals surface area contributed by atoms with Crippen LogP contribution in [0.5, 0.6) is 0 Å². The van der Waals surface area contributed by atoms with E-state index in [1.165, 1.54) is 99.4 Å². The summed E-state index contributed by atoms with van der Waals surface area (Å²) in [4.78, 5) is 5.04. The number of rotatable bonds is 11. The molecule has 0 spiro atoms. The van der Waals surface area contributed by atoms with Gasteiger partial charge in [-0.05, 0) is 218 Å². The molecule has 1 heteroatoms. The zero-order valence-corrected chi connectivity index (χ0v) is 44.0. The first-order valence-corrected chi connectivity index (χ1v) is 27.5. The first kappa shape index (κ1) is 47.9. The Bertz CT molecular complexity index is 4280. The Hall–Kier alpha value is -10.5. The number of pyridine rings is 1. The average Bonchev–Trinajstić information content (AvgIpc) is 3.68. The zero-order chi connectivity index (χ0) is 53.2. The van der Waals surface area contributed by atoms with Gasteiger partial charge in [-0.3, -0.25) is 4.98 Å². The Kier molecular flexibility index (Phi) is 12.7. The van der Waals surface area contributed by atoms with Gasteiger partial charge in [-0.2, -0.15) is 0 Å². The SMILES string of the molecule is c1ccc(-c2cc(-c3ccccc3)cc(-c3cccc(-c4cncc(-c5cc(-c6cc(-c7ccccc7)cc7cc(-c8ccccc8)ccc67)cc(-c6cc(-c7ccccc7)cc7cc(-c8ccccc8)ccc67)c5)c4)c3)c2)cc1. The van der Waals surface area contributed by atoms with Gasteiger partial charge in [0.1, 0.15) is 0 Å². The van der Waals surface area contributed by atoms with Crippen molar-refractivity contribution < 1.29 is 0 Å². The van der Waals surface area contributed by atoms with Gasteiger partial charge in [0.05, 0.1) is 0 Å². The summed E-state index contributed by atoms with van der Waals surface area (Å²) in [5.41, 5.74) is 25.4. The molecule has 1 heterocycles. The van der Waals surface area contributed by atoms with Crippen molar-refractivity contribution in [3.8, 4) is 122 Å². The van der Waals surface area contributed by atoms with Crippen molar-refractivity contribution in [1.82, 2.24) is 4.98 Å². The van der Waals surface area contributed by atoms with Gasteiger partial charge in [-0.25, -0.2) is 0 Å². The van der Waals surface area contributed by atoms with E-state index in [1.807, 2.05) is 12.4 Å². The molecule has 14 aromatic rings. The topological polar surface area (TPSA) is 12.9 Å². The summed E-state index contributed by atoms with van der Waals surface area (Å²) in [6.45, 7) is 0. The van der Waals surface area contributed by atoms with Crippen molar-refractivity contribution in [3.63, 3.8) is 0 Å². The van der Waals surface area contributed by atoms with E-state index in [1.54, 1.807) is 0 Å². The lowest BCUT2D eigenvalue weighted by molar-refractivity contribution is 1.33. The van der Waals surface area contributed by atoms with E-state index in [2.05, 4.69) is 309 Å². The number of hydrogen-bond donors (Lipinski definition) is 0. The van der Waals surface area contributed by atoms with Crippen molar-refractivity contribution in [1.29, 1.82) is 0 Å². The Labute approximate surface area is 468 Å². The third-order valence-electron chi connectivity index (χ3n) is 15.6. The van der Waals surface area contributed by atoms with E-state index in [9.17, 15) is 0 Å². The van der Waals surface area contributed by atoms with Gasteiger partial charge < -0.3 is 0 Å². The van der Waals surface area contributed by atoms with Gasteiger partial charge in [0, 0.05) is 23.5 Å². The maximum atomic E-state index is 5.04. The van der Waals surface area contributed by atoms with Crippen molar-refractivity contribution in [2.75, 3.05) is 0 Å². The Morgan fingerprint density at radius 2 is 0.388 bits per heavy atom. The highest BCUT2D eigenvalue weighted by Gasteiger charge is 2.18. The summed E-state index contributed by atoms with van der Waals surface area (Å²) < 4.78 is 0. The van der Waals surface area contributed by atoms with Crippen LogP contribution in [-0.4, -0.2) is 4.98 Å². The maximum absolute atomic E-state index is 5.04. The minimum absolute atomic E-state index is 1.04. The Morgan fingerprint density at radius 3 is 0.787 bits per heavy atom. The average molecular weight is 1020 g/mol. The van der Waals surface area contributed by atoms with Crippen molar-refractivity contribution >= 4 is 21.5 Å².